The molecular formula is C10H18. The Morgan fingerprint density at radius 1 is 1.20 bits per heavy atom. The third-order valence-electron chi connectivity index (χ3n) is 3.50. The van der Waals surface area contributed by atoms with E-state index < -0.39 is 0 Å². The maximum absolute atomic E-state index is 2.39. The second kappa shape index (κ2) is 2.25. The van der Waals surface area contributed by atoms with Gasteiger partial charge in [-0.05, 0) is 36.5 Å². The Hall–Kier alpha value is 0. The molecule has 0 N–H and O–H groups in total. The van der Waals surface area contributed by atoms with E-state index in [4.69, 9.17) is 0 Å². The van der Waals surface area contributed by atoms with Gasteiger partial charge in [-0.1, -0.05) is 26.7 Å². The molecule has 1 unspecified atom stereocenters. The molecule has 0 heterocycles. The van der Waals surface area contributed by atoms with Crippen LogP contribution >= 0.6 is 0 Å². The molecule has 0 aromatic carbocycles. The Kier molecular flexibility index (Phi) is 1.51. The van der Waals surface area contributed by atoms with Crippen LogP contribution in [-0.2, 0) is 0 Å². The summed E-state index contributed by atoms with van der Waals surface area (Å²) in [5.41, 5.74) is 0. The summed E-state index contributed by atoms with van der Waals surface area (Å²) in [4.78, 5) is 0. The van der Waals surface area contributed by atoms with Crippen LogP contribution in [0.5, 0.6) is 0 Å². The van der Waals surface area contributed by atoms with Crippen molar-refractivity contribution in [1.29, 1.82) is 0 Å². The van der Waals surface area contributed by atoms with Crippen molar-refractivity contribution in [1.82, 2.24) is 0 Å². The minimum Gasteiger partial charge on any atom is -0.0625 e. The maximum Gasteiger partial charge on any atom is -0.0352 e. The first-order chi connectivity index (χ1) is 4.79. The molecule has 0 amide bonds. The number of rotatable bonds is 1. The van der Waals surface area contributed by atoms with Crippen LogP contribution < -0.4 is 0 Å². The highest BCUT2D eigenvalue weighted by Crippen LogP contribution is 2.54. The molecule has 2 aliphatic rings. The van der Waals surface area contributed by atoms with Crippen LogP contribution in [0.25, 0.3) is 0 Å². The first-order valence-electron chi connectivity index (χ1n) is 4.79. The summed E-state index contributed by atoms with van der Waals surface area (Å²) in [5, 5.41) is 0. The molecule has 10 heavy (non-hydrogen) atoms. The molecule has 0 aliphatic heterocycles. The van der Waals surface area contributed by atoms with Crippen molar-refractivity contribution in [2.24, 2.45) is 23.7 Å². The molecule has 3 atom stereocenters. The van der Waals surface area contributed by atoms with Crippen LogP contribution in [0.2, 0.25) is 0 Å². The van der Waals surface area contributed by atoms with Gasteiger partial charge in [-0.3, -0.25) is 0 Å². The summed E-state index contributed by atoms with van der Waals surface area (Å²) in [6.07, 6.45) is 6.17. The van der Waals surface area contributed by atoms with Gasteiger partial charge in [0.25, 0.3) is 0 Å². The van der Waals surface area contributed by atoms with Crippen LogP contribution in [0.1, 0.15) is 39.5 Å². The molecule has 58 valence electrons. The third kappa shape index (κ3) is 0.980. The van der Waals surface area contributed by atoms with Crippen LogP contribution in [0.3, 0.4) is 0 Å². The lowest BCUT2D eigenvalue weighted by molar-refractivity contribution is 0.259. The fourth-order valence-corrected chi connectivity index (χ4v) is 2.78. The lowest BCUT2D eigenvalue weighted by atomic mass is 9.81. The highest BCUT2D eigenvalue weighted by Gasteiger charge is 2.45. The van der Waals surface area contributed by atoms with E-state index >= 15 is 0 Å². The van der Waals surface area contributed by atoms with E-state index in [2.05, 4.69) is 13.8 Å². The molecule has 0 bridgehead atoms. The molecular weight excluding hydrogens is 120 g/mol. The average molecular weight is 138 g/mol. The Morgan fingerprint density at radius 2 is 2.00 bits per heavy atom. The Bertz CT molecular complexity index is 126. The summed E-state index contributed by atoms with van der Waals surface area (Å²) >= 11 is 0. The van der Waals surface area contributed by atoms with Crippen molar-refractivity contribution >= 4 is 0 Å². The third-order valence-corrected chi connectivity index (χ3v) is 3.50. The molecule has 0 nitrogen and oxygen atoms in total. The van der Waals surface area contributed by atoms with E-state index in [1.54, 1.807) is 12.8 Å². The first kappa shape index (κ1) is 6.69. The minimum absolute atomic E-state index is 0.954. The van der Waals surface area contributed by atoms with Gasteiger partial charge in [0.2, 0.25) is 0 Å². The quantitative estimate of drug-likeness (QED) is 0.522. The van der Waals surface area contributed by atoms with Gasteiger partial charge in [0.15, 0.2) is 0 Å². The van der Waals surface area contributed by atoms with E-state index in [9.17, 15) is 0 Å². The zero-order chi connectivity index (χ0) is 7.14. The van der Waals surface area contributed by atoms with Crippen LogP contribution in [-0.4, -0.2) is 0 Å². The standard InChI is InChI=1S/C10H18/c1-7(2)9-5-3-4-8-6-10(8)9/h7-10H,3-6H2,1-2H3/t8-,9?,10+/m1/s1. The van der Waals surface area contributed by atoms with E-state index in [0.29, 0.717) is 0 Å². The topological polar surface area (TPSA) is 0 Å². The van der Waals surface area contributed by atoms with Gasteiger partial charge in [-0.2, -0.15) is 0 Å². The van der Waals surface area contributed by atoms with E-state index in [-0.39, 0.29) is 0 Å². The Labute approximate surface area is 64.0 Å². The molecule has 0 spiro atoms. The summed E-state index contributed by atoms with van der Waals surface area (Å²) in [6.45, 7) is 4.79. The van der Waals surface area contributed by atoms with E-state index in [1.165, 1.54) is 18.8 Å². The largest absolute Gasteiger partial charge is 0.0625 e. The zero-order valence-electron chi connectivity index (χ0n) is 7.14. The second-order valence-corrected chi connectivity index (χ2v) is 4.50. The number of hydrogen-bond donors (Lipinski definition) is 0. The van der Waals surface area contributed by atoms with Crippen molar-refractivity contribution in [3.8, 4) is 0 Å². The van der Waals surface area contributed by atoms with Crippen molar-refractivity contribution in [2.75, 3.05) is 0 Å². The summed E-state index contributed by atoms with van der Waals surface area (Å²) < 4.78 is 0. The molecule has 2 aliphatic carbocycles. The fraction of sp³-hybridized carbons (Fsp3) is 1.00. The molecule has 2 fully saturated rings. The van der Waals surface area contributed by atoms with Gasteiger partial charge in [0.05, 0.1) is 0 Å². The molecule has 0 aromatic heterocycles. The van der Waals surface area contributed by atoms with Gasteiger partial charge in [0, 0.05) is 0 Å². The lowest BCUT2D eigenvalue weighted by Gasteiger charge is -2.24. The number of fused-ring (bicyclic) bond motifs is 1. The Balaban J connectivity index is 1.96. The van der Waals surface area contributed by atoms with Crippen molar-refractivity contribution in [2.45, 2.75) is 39.5 Å². The Morgan fingerprint density at radius 3 is 2.60 bits per heavy atom. The van der Waals surface area contributed by atoms with E-state index in [1.807, 2.05) is 0 Å². The molecule has 0 aromatic rings. The van der Waals surface area contributed by atoms with Gasteiger partial charge >= 0.3 is 0 Å². The average Bonchev–Trinajstić information content (AvgIpc) is 2.63. The monoisotopic (exact) mass is 138 g/mol. The van der Waals surface area contributed by atoms with E-state index in [0.717, 1.165) is 17.8 Å². The summed E-state index contributed by atoms with van der Waals surface area (Å²) in [6, 6.07) is 0. The molecule has 2 rings (SSSR count). The fourth-order valence-electron chi connectivity index (χ4n) is 2.78. The van der Waals surface area contributed by atoms with Crippen molar-refractivity contribution in [3.63, 3.8) is 0 Å². The molecule has 0 heteroatoms. The van der Waals surface area contributed by atoms with Gasteiger partial charge in [-0.25, -0.2) is 0 Å². The molecule has 0 saturated heterocycles. The van der Waals surface area contributed by atoms with Crippen LogP contribution in [0, 0.1) is 23.7 Å². The van der Waals surface area contributed by atoms with Gasteiger partial charge in [0.1, 0.15) is 0 Å². The SMILES string of the molecule is CC(C)C1CCC[C@@H]2C[C@H]12. The zero-order valence-corrected chi connectivity index (χ0v) is 7.14. The predicted octanol–water partition coefficient (Wildman–Crippen LogP) is 3.08. The molecule has 2 saturated carbocycles. The summed E-state index contributed by atoms with van der Waals surface area (Å²) in [7, 11) is 0. The first-order valence-corrected chi connectivity index (χ1v) is 4.79. The van der Waals surface area contributed by atoms with Gasteiger partial charge < -0.3 is 0 Å². The lowest BCUT2D eigenvalue weighted by Crippen LogP contribution is -2.15. The maximum atomic E-state index is 2.39. The minimum atomic E-state index is 0.954. The highest BCUT2D eigenvalue weighted by atomic mass is 14.5. The highest BCUT2D eigenvalue weighted by molar-refractivity contribution is 4.95. The normalized spacial score (nSPS) is 45.3. The number of hydrogen-bond acceptors (Lipinski definition) is 0. The predicted molar refractivity (Wildman–Crippen MR) is 43.8 cm³/mol. The van der Waals surface area contributed by atoms with Crippen LogP contribution in [0.15, 0.2) is 0 Å². The second-order valence-electron chi connectivity index (χ2n) is 4.50. The van der Waals surface area contributed by atoms with Crippen molar-refractivity contribution < 1.29 is 0 Å². The van der Waals surface area contributed by atoms with Gasteiger partial charge in [-0.15, -0.1) is 0 Å². The molecule has 0 radical (unpaired) electrons. The van der Waals surface area contributed by atoms with Crippen molar-refractivity contribution in [3.05, 3.63) is 0 Å². The van der Waals surface area contributed by atoms with Crippen LogP contribution in [0.4, 0.5) is 0 Å². The smallest absolute Gasteiger partial charge is 0.0352 e. The summed E-state index contributed by atoms with van der Waals surface area (Å²) in [5.74, 6) is 4.38.